The van der Waals surface area contributed by atoms with Crippen LogP contribution < -0.4 is 0 Å². The lowest BCUT2D eigenvalue weighted by Gasteiger charge is -2.18. The molecule has 15 heavy (non-hydrogen) atoms. The van der Waals surface area contributed by atoms with E-state index >= 15 is 0 Å². The standard InChI is InChI=1S/C12H20BrNO/c1-11(3-6-13)4-7-14(2)9-12-5-8-15-10-12/h5,8,10-11H,3-4,6-7,9H2,1-2H3. The first kappa shape index (κ1) is 12.8. The molecule has 0 amide bonds. The minimum Gasteiger partial charge on any atom is -0.472 e. The second kappa shape index (κ2) is 7.07. The lowest BCUT2D eigenvalue weighted by molar-refractivity contribution is 0.296. The molecule has 0 aromatic carbocycles. The highest BCUT2D eigenvalue weighted by molar-refractivity contribution is 9.09. The highest BCUT2D eigenvalue weighted by atomic mass is 79.9. The smallest absolute Gasteiger partial charge is 0.0947 e. The van der Waals surface area contributed by atoms with Crippen molar-refractivity contribution in [2.24, 2.45) is 5.92 Å². The fraction of sp³-hybridized carbons (Fsp3) is 0.667. The summed E-state index contributed by atoms with van der Waals surface area (Å²) in [6.45, 7) is 4.45. The number of furan rings is 1. The van der Waals surface area contributed by atoms with E-state index in [1.807, 2.05) is 12.3 Å². The fourth-order valence-corrected chi connectivity index (χ4v) is 2.33. The topological polar surface area (TPSA) is 16.4 Å². The van der Waals surface area contributed by atoms with Gasteiger partial charge in [0.2, 0.25) is 0 Å². The molecule has 0 fully saturated rings. The summed E-state index contributed by atoms with van der Waals surface area (Å²) < 4.78 is 5.05. The van der Waals surface area contributed by atoms with Crippen molar-refractivity contribution in [1.29, 1.82) is 0 Å². The molecule has 3 heteroatoms. The van der Waals surface area contributed by atoms with E-state index in [1.54, 1.807) is 6.26 Å². The molecule has 0 spiro atoms. The van der Waals surface area contributed by atoms with Crippen molar-refractivity contribution in [2.75, 3.05) is 18.9 Å². The van der Waals surface area contributed by atoms with Crippen molar-refractivity contribution < 1.29 is 4.42 Å². The van der Waals surface area contributed by atoms with Gasteiger partial charge < -0.3 is 9.32 Å². The first-order valence-corrected chi connectivity index (χ1v) is 6.60. The molecule has 0 aliphatic heterocycles. The predicted octanol–water partition coefficient (Wildman–Crippen LogP) is 3.52. The molecule has 86 valence electrons. The zero-order chi connectivity index (χ0) is 11.1. The summed E-state index contributed by atoms with van der Waals surface area (Å²) in [7, 11) is 2.16. The van der Waals surface area contributed by atoms with Crippen LogP contribution in [0.1, 0.15) is 25.3 Å². The van der Waals surface area contributed by atoms with Crippen molar-refractivity contribution in [2.45, 2.75) is 26.3 Å². The minimum atomic E-state index is 0.802. The summed E-state index contributed by atoms with van der Waals surface area (Å²) in [6.07, 6.45) is 6.08. The maximum Gasteiger partial charge on any atom is 0.0947 e. The van der Waals surface area contributed by atoms with Crippen LogP contribution in [-0.4, -0.2) is 23.8 Å². The van der Waals surface area contributed by atoms with Crippen molar-refractivity contribution >= 4 is 15.9 Å². The van der Waals surface area contributed by atoms with E-state index in [1.165, 1.54) is 18.4 Å². The third-order valence-corrected chi connectivity index (χ3v) is 3.10. The molecule has 0 N–H and O–H groups in total. The maximum absolute atomic E-state index is 5.05. The van der Waals surface area contributed by atoms with Gasteiger partial charge >= 0.3 is 0 Å². The molecular weight excluding hydrogens is 254 g/mol. The van der Waals surface area contributed by atoms with Crippen LogP contribution in [0.15, 0.2) is 23.0 Å². The highest BCUT2D eigenvalue weighted by Gasteiger charge is 2.05. The van der Waals surface area contributed by atoms with Gasteiger partial charge in [-0.2, -0.15) is 0 Å². The normalized spacial score (nSPS) is 13.3. The quantitative estimate of drug-likeness (QED) is 0.707. The Bertz CT molecular complexity index is 248. The Hall–Kier alpha value is -0.280. The first-order chi connectivity index (χ1) is 7.22. The summed E-state index contributed by atoms with van der Waals surface area (Å²) in [5.74, 6) is 0.802. The van der Waals surface area contributed by atoms with Crippen LogP contribution in [0.3, 0.4) is 0 Å². The molecule has 1 heterocycles. The average Bonchev–Trinajstić information content (AvgIpc) is 2.68. The molecule has 0 saturated heterocycles. The number of hydrogen-bond donors (Lipinski definition) is 0. The zero-order valence-corrected chi connectivity index (χ0v) is 11.2. The number of rotatable bonds is 7. The molecule has 0 aliphatic carbocycles. The van der Waals surface area contributed by atoms with E-state index in [2.05, 4.69) is 34.8 Å². The Morgan fingerprint density at radius 3 is 2.87 bits per heavy atom. The summed E-state index contributed by atoms with van der Waals surface area (Å²) in [4.78, 5) is 2.34. The number of halogens is 1. The largest absolute Gasteiger partial charge is 0.472 e. The number of alkyl halides is 1. The lowest BCUT2D eigenvalue weighted by Crippen LogP contribution is -2.20. The van der Waals surface area contributed by atoms with Crippen LogP contribution in [0.2, 0.25) is 0 Å². The molecule has 0 bridgehead atoms. The summed E-state index contributed by atoms with van der Waals surface area (Å²) in [5, 5.41) is 1.11. The van der Waals surface area contributed by atoms with Crippen molar-refractivity contribution in [1.82, 2.24) is 4.90 Å². The molecular formula is C12H20BrNO. The van der Waals surface area contributed by atoms with Crippen LogP contribution in [0.4, 0.5) is 0 Å². The Labute approximate surface area is 101 Å². The lowest BCUT2D eigenvalue weighted by atomic mass is 10.1. The molecule has 1 rings (SSSR count). The second-order valence-electron chi connectivity index (χ2n) is 4.24. The molecule has 2 nitrogen and oxygen atoms in total. The van der Waals surface area contributed by atoms with Crippen molar-refractivity contribution in [3.05, 3.63) is 24.2 Å². The summed E-state index contributed by atoms with van der Waals surface area (Å²) >= 11 is 3.48. The molecule has 1 aromatic rings. The Morgan fingerprint density at radius 2 is 2.27 bits per heavy atom. The van der Waals surface area contributed by atoms with E-state index < -0.39 is 0 Å². The summed E-state index contributed by atoms with van der Waals surface area (Å²) in [5.41, 5.74) is 1.26. The van der Waals surface area contributed by atoms with Gasteiger partial charge in [0, 0.05) is 17.4 Å². The van der Waals surface area contributed by atoms with E-state index in [9.17, 15) is 0 Å². The molecule has 1 aromatic heterocycles. The summed E-state index contributed by atoms with van der Waals surface area (Å²) in [6, 6.07) is 2.03. The van der Waals surface area contributed by atoms with E-state index in [0.29, 0.717) is 0 Å². The molecule has 1 unspecified atom stereocenters. The van der Waals surface area contributed by atoms with Gasteiger partial charge in [-0.05, 0) is 38.4 Å². The van der Waals surface area contributed by atoms with Crippen LogP contribution in [0.25, 0.3) is 0 Å². The van der Waals surface area contributed by atoms with Crippen LogP contribution >= 0.6 is 15.9 Å². The monoisotopic (exact) mass is 273 g/mol. The van der Waals surface area contributed by atoms with E-state index in [4.69, 9.17) is 4.42 Å². The Balaban J connectivity index is 2.16. The third kappa shape index (κ3) is 5.38. The van der Waals surface area contributed by atoms with E-state index in [-0.39, 0.29) is 0 Å². The van der Waals surface area contributed by atoms with Gasteiger partial charge in [0.1, 0.15) is 0 Å². The second-order valence-corrected chi connectivity index (χ2v) is 5.03. The predicted molar refractivity (Wildman–Crippen MR) is 67.2 cm³/mol. The van der Waals surface area contributed by atoms with Crippen LogP contribution in [0, 0.1) is 5.92 Å². The minimum absolute atomic E-state index is 0.802. The van der Waals surface area contributed by atoms with Gasteiger partial charge in [-0.25, -0.2) is 0 Å². The van der Waals surface area contributed by atoms with Crippen LogP contribution in [0.5, 0.6) is 0 Å². The Morgan fingerprint density at radius 1 is 1.47 bits per heavy atom. The fourth-order valence-electron chi connectivity index (χ4n) is 1.54. The van der Waals surface area contributed by atoms with Crippen molar-refractivity contribution in [3.63, 3.8) is 0 Å². The SMILES string of the molecule is CC(CCBr)CCN(C)Cc1ccoc1. The third-order valence-electron chi connectivity index (χ3n) is 2.64. The van der Waals surface area contributed by atoms with Gasteiger partial charge in [-0.1, -0.05) is 22.9 Å². The van der Waals surface area contributed by atoms with E-state index in [0.717, 1.165) is 24.3 Å². The number of hydrogen-bond acceptors (Lipinski definition) is 2. The molecule has 0 radical (unpaired) electrons. The highest BCUT2D eigenvalue weighted by Crippen LogP contribution is 2.11. The zero-order valence-electron chi connectivity index (χ0n) is 9.58. The Kier molecular flexibility index (Phi) is 6.03. The molecule has 0 aliphatic rings. The average molecular weight is 274 g/mol. The van der Waals surface area contributed by atoms with Gasteiger partial charge in [-0.3, -0.25) is 0 Å². The first-order valence-electron chi connectivity index (χ1n) is 5.48. The number of nitrogens with zero attached hydrogens (tertiary/aromatic N) is 1. The molecule has 0 saturated carbocycles. The molecule has 1 atom stereocenters. The van der Waals surface area contributed by atoms with Gasteiger partial charge in [-0.15, -0.1) is 0 Å². The maximum atomic E-state index is 5.05. The van der Waals surface area contributed by atoms with Gasteiger partial charge in [0.15, 0.2) is 0 Å². The van der Waals surface area contributed by atoms with Crippen molar-refractivity contribution in [3.8, 4) is 0 Å². The van der Waals surface area contributed by atoms with Gasteiger partial charge in [0.25, 0.3) is 0 Å². The van der Waals surface area contributed by atoms with Crippen LogP contribution in [-0.2, 0) is 6.54 Å². The van der Waals surface area contributed by atoms with Gasteiger partial charge in [0.05, 0.1) is 12.5 Å².